The van der Waals surface area contributed by atoms with Gasteiger partial charge in [-0.1, -0.05) is 18.2 Å². The average molecular weight is 287 g/mol. The fourth-order valence-electron chi connectivity index (χ4n) is 2.72. The Morgan fingerprint density at radius 3 is 2.81 bits per heavy atom. The van der Waals surface area contributed by atoms with Crippen LogP contribution in [0, 0.1) is 6.92 Å². The molecule has 0 bridgehead atoms. The lowest BCUT2D eigenvalue weighted by atomic mass is 9.77. The second kappa shape index (κ2) is 4.20. The molecule has 6 heteroatoms. The van der Waals surface area contributed by atoms with Gasteiger partial charge in [-0.05, 0) is 24.6 Å². The van der Waals surface area contributed by atoms with Gasteiger partial charge in [-0.3, -0.25) is 9.59 Å². The molecule has 2 atom stereocenters. The molecule has 2 aliphatic rings. The number of hydrogen-bond donors (Lipinski definition) is 3. The van der Waals surface area contributed by atoms with Crippen LogP contribution in [0.3, 0.4) is 0 Å². The third-order valence-corrected chi connectivity index (χ3v) is 3.71. The van der Waals surface area contributed by atoms with Crippen LogP contribution >= 0.6 is 0 Å². The van der Waals surface area contributed by atoms with Crippen LogP contribution in [0.25, 0.3) is 0 Å². The fraction of sp³-hybridized carbons (Fsp3) is 0.200. The minimum Gasteiger partial charge on any atom is -0.507 e. The van der Waals surface area contributed by atoms with Gasteiger partial charge >= 0.3 is 0 Å². The number of phenolic OH excluding ortho intramolecular Hbond substituents is 1. The number of nitrogens with two attached hydrogens (primary N) is 1. The number of fused-ring (bicyclic) bond motifs is 2. The highest BCUT2D eigenvalue weighted by atomic mass is 16.5. The first-order valence-corrected chi connectivity index (χ1v) is 6.32. The highest BCUT2D eigenvalue weighted by Gasteiger charge is 2.56. The summed E-state index contributed by atoms with van der Waals surface area (Å²) in [7, 11) is 0. The van der Waals surface area contributed by atoms with Crippen molar-refractivity contribution in [3.05, 3.63) is 47.1 Å². The van der Waals surface area contributed by atoms with Gasteiger partial charge in [-0.15, -0.1) is 0 Å². The number of aliphatic hydroxyl groups excluding tert-OH is 1. The van der Waals surface area contributed by atoms with Crippen molar-refractivity contribution in [2.45, 2.75) is 18.6 Å². The van der Waals surface area contributed by atoms with Gasteiger partial charge in [0.15, 0.2) is 0 Å². The Hall–Kier alpha value is -2.60. The molecule has 0 unspecified atom stereocenters. The van der Waals surface area contributed by atoms with Crippen LogP contribution in [0.1, 0.15) is 15.9 Å². The average Bonchev–Trinajstić information content (AvgIpc) is 2.39. The predicted molar refractivity (Wildman–Crippen MR) is 73.0 cm³/mol. The van der Waals surface area contributed by atoms with E-state index in [1.165, 1.54) is 30.4 Å². The summed E-state index contributed by atoms with van der Waals surface area (Å²) in [6.45, 7) is 1.70. The van der Waals surface area contributed by atoms with Crippen molar-refractivity contribution in [3.63, 3.8) is 0 Å². The maximum atomic E-state index is 12.6. The van der Waals surface area contributed by atoms with Gasteiger partial charge in [-0.25, -0.2) is 0 Å². The highest BCUT2D eigenvalue weighted by molar-refractivity contribution is 6.19. The van der Waals surface area contributed by atoms with E-state index in [9.17, 15) is 19.8 Å². The van der Waals surface area contributed by atoms with Crippen LogP contribution < -0.4 is 10.5 Å². The number of carbonyl (C=O) groups is 2. The number of rotatable bonds is 1. The number of aromatic hydroxyl groups is 1. The first-order chi connectivity index (χ1) is 9.87. The van der Waals surface area contributed by atoms with E-state index in [0.717, 1.165) is 0 Å². The number of aliphatic hydroxyl groups is 1. The summed E-state index contributed by atoms with van der Waals surface area (Å²) in [4.78, 5) is 24.5. The third kappa shape index (κ3) is 1.62. The van der Waals surface area contributed by atoms with Crippen molar-refractivity contribution < 1.29 is 24.5 Å². The molecule has 0 aromatic heterocycles. The number of ketones is 1. The number of hydrogen-bond acceptors (Lipinski definition) is 5. The lowest BCUT2D eigenvalue weighted by molar-refractivity contribution is -0.137. The number of phenols is 1. The Morgan fingerprint density at radius 1 is 1.43 bits per heavy atom. The van der Waals surface area contributed by atoms with Crippen LogP contribution in [0.4, 0.5) is 0 Å². The lowest BCUT2D eigenvalue weighted by Crippen LogP contribution is -2.62. The molecule has 21 heavy (non-hydrogen) atoms. The normalized spacial score (nSPS) is 26.5. The SMILES string of the molecule is Cc1cc(O)c2c(c1)O[C@@]1(C(N)=O)C(=CC=C[C@H]1O)C2=O. The summed E-state index contributed by atoms with van der Waals surface area (Å²) in [5.41, 5.74) is 3.95. The van der Waals surface area contributed by atoms with Gasteiger partial charge in [0.05, 0.1) is 5.57 Å². The van der Waals surface area contributed by atoms with E-state index in [1.807, 2.05) is 0 Å². The minimum absolute atomic E-state index is 0.0304. The number of primary amides is 1. The molecule has 3 rings (SSSR count). The first kappa shape index (κ1) is 13.4. The molecule has 0 saturated heterocycles. The monoisotopic (exact) mass is 287 g/mol. The summed E-state index contributed by atoms with van der Waals surface area (Å²) in [5, 5.41) is 20.1. The van der Waals surface area contributed by atoms with Crippen molar-refractivity contribution in [3.8, 4) is 11.5 Å². The summed E-state index contributed by atoms with van der Waals surface area (Å²) >= 11 is 0. The van der Waals surface area contributed by atoms with Gasteiger partial charge in [0.1, 0.15) is 23.2 Å². The smallest absolute Gasteiger partial charge is 0.269 e. The Balaban J connectivity index is 2.31. The first-order valence-electron chi connectivity index (χ1n) is 6.32. The summed E-state index contributed by atoms with van der Waals surface area (Å²) in [6, 6.07) is 2.94. The van der Waals surface area contributed by atoms with Crippen LogP contribution in [0.15, 0.2) is 35.9 Å². The maximum Gasteiger partial charge on any atom is 0.269 e. The molecule has 0 spiro atoms. The Morgan fingerprint density at radius 2 is 2.14 bits per heavy atom. The number of ether oxygens (including phenoxy) is 1. The Bertz CT molecular complexity index is 734. The number of allylic oxidation sites excluding steroid dienone is 2. The van der Waals surface area contributed by atoms with Gasteiger partial charge in [0.25, 0.3) is 5.91 Å². The van der Waals surface area contributed by atoms with Gasteiger partial charge in [-0.2, -0.15) is 0 Å². The van der Waals surface area contributed by atoms with Crippen LogP contribution in [-0.2, 0) is 4.79 Å². The van der Waals surface area contributed by atoms with E-state index in [1.54, 1.807) is 6.92 Å². The number of amides is 1. The van der Waals surface area contributed by atoms with Gasteiger partial charge in [0, 0.05) is 0 Å². The number of benzene rings is 1. The molecule has 0 radical (unpaired) electrons. The van der Waals surface area contributed by atoms with E-state index in [0.29, 0.717) is 5.56 Å². The largest absolute Gasteiger partial charge is 0.507 e. The Labute approximate surface area is 120 Å². The maximum absolute atomic E-state index is 12.6. The standard InChI is InChI=1S/C15H13NO5/c1-7-5-9(17)12-10(6-7)21-15(14(16)20)8(13(12)19)3-2-4-11(15)18/h2-6,11,17-18H,1H3,(H2,16,20)/t11-,15+/m1/s1. The molecular weight excluding hydrogens is 274 g/mol. The van der Waals surface area contributed by atoms with E-state index in [4.69, 9.17) is 10.5 Å². The summed E-state index contributed by atoms with van der Waals surface area (Å²) in [5.74, 6) is -1.76. The van der Waals surface area contributed by atoms with Crippen molar-refractivity contribution >= 4 is 11.7 Å². The van der Waals surface area contributed by atoms with Gasteiger partial charge < -0.3 is 20.7 Å². The molecule has 108 valence electrons. The molecule has 0 fully saturated rings. The topological polar surface area (TPSA) is 110 Å². The van der Waals surface area contributed by atoms with E-state index < -0.39 is 23.4 Å². The van der Waals surface area contributed by atoms with Crippen molar-refractivity contribution in [1.82, 2.24) is 0 Å². The number of Topliss-reactive ketones (excluding diaryl/α,β-unsaturated/α-hetero) is 1. The van der Waals surface area contributed by atoms with Crippen molar-refractivity contribution in [2.24, 2.45) is 5.73 Å². The molecule has 6 nitrogen and oxygen atoms in total. The molecule has 1 aliphatic heterocycles. The number of aryl methyl sites for hydroxylation is 1. The lowest BCUT2D eigenvalue weighted by Gasteiger charge is -2.40. The van der Waals surface area contributed by atoms with Crippen LogP contribution in [0.5, 0.6) is 11.5 Å². The zero-order valence-corrected chi connectivity index (χ0v) is 11.2. The minimum atomic E-state index is -1.96. The highest BCUT2D eigenvalue weighted by Crippen LogP contribution is 2.44. The molecule has 1 amide bonds. The third-order valence-electron chi connectivity index (χ3n) is 3.71. The second-order valence-electron chi connectivity index (χ2n) is 5.10. The molecular formula is C15H13NO5. The molecule has 4 N–H and O–H groups in total. The van der Waals surface area contributed by atoms with Gasteiger partial charge in [0.2, 0.25) is 11.4 Å². The van der Waals surface area contributed by atoms with E-state index in [-0.39, 0.29) is 22.6 Å². The molecule has 1 aromatic carbocycles. The van der Waals surface area contributed by atoms with E-state index in [2.05, 4.69) is 0 Å². The Kier molecular flexibility index (Phi) is 2.67. The van der Waals surface area contributed by atoms with E-state index >= 15 is 0 Å². The summed E-state index contributed by atoms with van der Waals surface area (Å²) in [6.07, 6.45) is 2.75. The molecule has 1 heterocycles. The zero-order valence-electron chi connectivity index (χ0n) is 11.2. The molecule has 0 saturated carbocycles. The van der Waals surface area contributed by atoms with Crippen molar-refractivity contribution in [1.29, 1.82) is 0 Å². The second-order valence-corrected chi connectivity index (χ2v) is 5.10. The predicted octanol–water partition coefficient (Wildman–Crippen LogP) is 0.357. The fourth-order valence-corrected chi connectivity index (χ4v) is 2.72. The molecule has 1 aromatic rings. The molecule has 1 aliphatic carbocycles. The summed E-state index contributed by atoms with van der Waals surface area (Å²) < 4.78 is 5.60. The quantitative estimate of drug-likeness (QED) is 0.690. The zero-order chi connectivity index (χ0) is 15.4. The van der Waals surface area contributed by atoms with Crippen LogP contribution in [0.2, 0.25) is 0 Å². The number of carbonyl (C=O) groups excluding carboxylic acids is 2. The van der Waals surface area contributed by atoms with Crippen LogP contribution in [-0.4, -0.2) is 33.6 Å². The van der Waals surface area contributed by atoms with Crippen molar-refractivity contribution in [2.75, 3.05) is 0 Å².